The van der Waals surface area contributed by atoms with E-state index in [0.717, 1.165) is 5.56 Å². The minimum absolute atomic E-state index is 0.0751. The zero-order chi connectivity index (χ0) is 12.4. The second kappa shape index (κ2) is 4.27. The van der Waals surface area contributed by atoms with E-state index in [1.54, 1.807) is 18.2 Å². The molecular weight excluding hydrogens is 228 g/mol. The van der Waals surface area contributed by atoms with Crippen molar-refractivity contribution in [3.8, 4) is 5.75 Å². The molecule has 0 bridgehead atoms. The van der Waals surface area contributed by atoms with Crippen LogP contribution in [0.3, 0.4) is 0 Å². The molecule has 0 spiro atoms. The van der Waals surface area contributed by atoms with Crippen LogP contribution < -0.4 is 4.18 Å². The monoisotopic (exact) mass is 242 g/mol. The average molecular weight is 242 g/mol. The van der Waals surface area contributed by atoms with Gasteiger partial charge < -0.3 is 4.18 Å². The van der Waals surface area contributed by atoms with Crippen LogP contribution in [-0.2, 0) is 15.8 Å². The third kappa shape index (κ3) is 3.36. The predicted octanol–water partition coefficient (Wildman–Crippen LogP) is 2.33. The van der Waals surface area contributed by atoms with Crippen molar-refractivity contribution in [1.82, 2.24) is 0 Å². The first-order valence-electron chi connectivity index (χ1n) is 4.65. The second-order valence-corrected chi connectivity index (χ2v) is 4.98. The van der Waals surface area contributed by atoms with Gasteiger partial charge >= 0.3 is 10.4 Å². The minimum Gasteiger partial charge on any atom is -0.362 e. The average Bonchev–Trinajstić information content (AvgIpc) is 2.16. The minimum atomic E-state index is -4.45. The zero-order valence-corrected chi connectivity index (χ0v) is 9.99. The lowest BCUT2D eigenvalue weighted by Gasteiger charge is -2.20. The van der Waals surface area contributed by atoms with Crippen LogP contribution in [0.4, 0.5) is 0 Å². The van der Waals surface area contributed by atoms with Gasteiger partial charge in [-0.1, -0.05) is 32.1 Å². The fourth-order valence-corrected chi connectivity index (χ4v) is 1.53. The molecule has 1 aromatic rings. The first-order valence-corrected chi connectivity index (χ1v) is 6.02. The molecule has 1 aromatic carbocycles. The van der Waals surface area contributed by atoms with E-state index in [9.17, 15) is 8.42 Å². The highest BCUT2D eigenvalue weighted by atomic mass is 32.3. The Morgan fingerprint density at radius 3 is 2.19 bits per heavy atom. The first-order chi connectivity index (χ1) is 7.24. The topological polar surface area (TPSA) is 63.6 Å². The Labute approximate surface area is 95.5 Å². The zero-order valence-electron chi connectivity index (χ0n) is 9.17. The maximum atomic E-state index is 10.5. The van der Waals surface area contributed by atoms with Crippen molar-refractivity contribution in [1.29, 1.82) is 0 Å². The van der Waals surface area contributed by atoms with Gasteiger partial charge in [0.1, 0.15) is 5.75 Å². The number of allylic oxidation sites excluding steroid dienone is 1. The van der Waals surface area contributed by atoms with Gasteiger partial charge in [0.15, 0.2) is 0 Å². The molecule has 0 unspecified atom stereocenters. The van der Waals surface area contributed by atoms with E-state index < -0.39 is 10.4 Å². The van der Waals surface area contributed by atoms with Crippen molar-refractivity contribution in [2.45, 2.75) is 19.3 Å². The quantitative estimate of drug-likeness (QED) is 0.650. The molecule has 4 nitrogen and oxygen atoms in total. The highest BCUT2D eigenvalue weighted by molar-refractivity contribution is 7.81. The number of benzene rings is 1. The molecule has 16 heavy (non-hydrogen) atoms. The van der Waals surface area contributed by atoms with E-state index >= 15 is 0 Å². The van der Waals surface area contributed by atoms with Crippen LogP contribution in [0, 0.1) is 0 Å². The summed E-state index contributed by atoms with van der Waals surface area (Å²) < 4.78 is 33.7. The Balaban J connectivity index is 2.96. The maximum absolute atomic E-state index is 10.5. The highest BCUT2D eigenvalue weighted by Gasteiger charge is 2.16. The van der Waals surface area contributed by atoms with E-state index in [4.69, 9.17) is 4.55 Å². The molecule has 1 rings (SSSR count). The summed E-state index contributed by atoms with van der Waals surface area (Å²) >= 11 is 0. The van der Waals surface area contributed by atoms with E-state index in [0.29, 0.717) is 0 Å². The SMILES string of the molecule is C=CC(C)(C)c1ccc(OS(=O)(=O)O)cc1. The predicted molar refractivity (Wildman–Crippen MR) is 61.8 cm³/mol. The van der Waals surface area contributed by atoms with Crippen LogP contribution in [0.1, 0.15) is 19.4 Å². The summed E-state index contributed by atoms with van der Waals surface area (Å²) in [4.78, 5) is 0. The molecular formula is C11H14O4S. The summed E-state index contributed by atoms with van der Waals surface area (Å²) in [5, 5.41) is 0. The van der Waals surface area contributed by atoms with Gasteiger partial charge in [-0.3, -0.25) is 4.55 Å². The first kappa shape index (κ1) is 12.7. The molecule has 5 heteroatoms. The van der Waals surface area contributed by atoms with Crippen LogP contribution >= 0.6 is 0 Å². The van der Waals surface area contributed by atoms with Crippen LogP contribution in [-0.4, -0.2) is 13.0 Å². The molecule has 1 N–H and O–H groups in total. The third-order valence-corrected chi connectivity index (χ3v) is 2.71. The fourth-order valence-electron chi connectivity index (χ4n) is 1.18. The highest BCUT2D eigenvalue weighted by Crippen LogP contribution is 2.26. The van der Waals surface area contributed by atoms with Crippen LogP contribution in [0.25, 0.3) is 0 Å². The lowest BCUT2D eigenvalue weighted by molar-refractivity contribution is 0.386. The molecule has 0 heterocycles. The Hall–Kier alpha value is -1.33. The lowest BCUT2D eigenvalue weighted by atomic mass is 9.85. The molecule has 0 amide bonds. The Morgan fingerprint density at radius 2 is 1.81 bits per heavy atom. The van der Waals surface area contributed by atoms with Crippen molar-refractivity contribution >= 4 is 10.4 Å². The summed E-state index contributed by atoms with van der Waals surface area (Å²) in [5.74, 6) is 0.0751. The Bertz CT molecular complexity index is 471. The Kier molecular flexibility index (Phi) is 3.40. The summed E-state index contributed by atoms with van der Waals surface area (Å²) in [7, 11) is -4.45. The smallest absolute Gasteiger partial charge is 0.362 e. The van der Waals surface area contributed by atoms with Gasteiger partial charge in [0.25, 0.3) is 0 Å². The second-order valence-electron chi connectivity index (χ2n) is 3.96. The molecule has 0 atom stereocenters. The van der Waals surface area contributed by atoms with E-state index in [-0.39, 0.29) is 11.2 Å². The standard InChI is InChI=1S/C11H14O4S/c1-4-11(2,3)9-5-7-10(8-6-9)15-16(12,13)14/h4-8H,1H2,2-3H3,(H,12,13,14). The van der Waals surface area contributed by atoms with Crippen LogP contribution in [0.5, 0.6) is 5.75 Å². The van der Waals surface area contributed by atoms with Gasteiger partial charge in [-0.15, -0.1) is 6.58 Å². The van der Waals surface area contributed by atoms with E-state index in [2.05, 4.69) is 10.8 Å². The fraction of sp³-hybridized carbons (Fsp3) is 0.273. The molecule has 0 saturated carbocycles. The third-order valence-electron chi connectivity index (χ3n) is 2.31. The van der Waals surface area contributed by atoms with Crippen molar-refractivity contribution in [3.63, 3.8) is 0 Å². The van der Waals surface area contributed by atoms with E-state index in [1.165, 1.54) is 12.1 Å². The van der Waals surface area contributed by atoms with Crippen molar-refractivity contribution in [2.24, 2.45) is 0 Å². The largest absolute Gasteiger partial charge is 0.446 e. The maximum Gasteiger partial charge on any atom is 0.446 e. The number of hydrogen-bond donors (Lipinski definition) is 1. The van der Waals surface area contributed by atoms with Crippen molar-refractivity contribution in [3.05, 3.63) is 42.5 Å². The van der Waals surface area contributed by atoms with Crippen molar-refractivity contribution < 1.29 is 17.2 Å². The van der Waals surface area contributed by atoms with Gasteiger partial charge in [-0.2, -0.15) is 8.42 Å². The van der Waals surface area contributed by atoms with Crippen LogP contribution in [0.2, 0.25) is 0 Å². The normalized spacial score (nSPS) is 12.2. The molecule has 0 saturated heterocycles. The van der Waals surface area contributed by atoms with Gasteiger partial charge in [0.2, 0.25) is 0 Å². The summed E-state index contributed by atoms with van der Waals surface area (Å²) in [6.07, 6.45) is 1.80. The molecule has 0 radical (unpaired) electrons. The van der Waals surface area contributed by atoms with Gasteiger partial charge in [-0.25, -0.2) is 0 Å². The van der Waals surface area contributed by atoms with Crippen LogP contribution in [0.15, 0.2) is 36.9 Å². The molecule has 0 aliphatic carbocycles. The molecule has 0 aliphatic rings. The molecule has 0 aliphatic heterocycles. The van der Waals surface area contributed by atoms with Gasteiger partial charge in [0.05, 0.1) is 0 Å². The van der Waals surface area contributed by atoms with Crippen molar-refractivity contribution in [2.75, 3.05) is 0 Å². The van der Waals surface area contributed by atoms with Gasteiger partial charge in [0, 0.05) is 5.41 Å². The van der Waals surface area contributed by atoms with Gasteiger partial charge in [-0.05, 0) is 17.7 Å². The summed E-state index contributed by atoms with van der Waals surface area (Å²) in [6.45, 7) is 7.69. The molecule has 88 valence electrons. The Morgan fingerprint density at radius 1 is 1.31 bits per heavy atom. The summed E-state index contributed by atoms with van der Waals surface area (Å²) in [6, 6.07) is 6.41. The summed E-state index contributed by atoms with van der Waals surface area (Å²) in [5.41, 5.74) is 0.779. The molecule has 0 fully saturated rings. The lowest BCUT2D eigenvalue weighted by Crippen LogP contribution is -2.13. The number of hydrogen-bond acceptors (Lipinski definition) is 3. The van der Waals surface area contributed by atoms with E-state index in [1.807, 2.05) is 13.8 Å². The molecule has 0 aromatic heterocycles. The number of rotatable bonds is 4.